The number of hydrogen-bond donors (Lipinski definition) is 0. The highest BCUT2D eigenvalue weighted by Gasteiger charge is 2.39. The Morgan fingerprint density at radius 2 is 1.64 bits per heavy atom. The standard InChI is InChI=1S/C25H26ClF5N4O/c1-23(2,3)14-34(5)21(36)20-18(15-6-8-16(26)9-7-15)12-19(25(29,30)31)35(20)13-17-10-11-32-22(33-17)24(4,27)28/h6-12H,13-14H2,1-5H3. The minimum atomic E-state index is -4.84. The number of alkyl halides is 5. The number of benzene rings is 1. The fourth-order valence-corrected chi connectivity index (χ4v) is 3.98. The lowest BCUT2D eigenvalue weighted by Crippen LogP contribution is -2.36. The topological polar surface area (TPSA) is 51.0 Å². The van der Waals surface area contributed by atoms with Crippen LogP contribution in [0.2, 0.25) is 5.02 Å². The largest absolute Gasteiger partial charge is 0.431 e. The fourth-order valence-electron chi connectivity index (χ4n) is 3.85. The SMILES string of the molecule is CN(CC(C)(C)C)C(=O)c1c(-c2ccc(Cl)cc2)cc(C(F)(F)F)n1Cc1ccnc(C(C)(F)F)n1. The minimum absolute atomic E-state index is 0.0415. The zero-order valence-corrected chi connectivity index (χ0v) is 21.2. The van der Waals surface area contributed by atoms with E-state index in [4.69, 9.17) is 11.6 Å². The van der Waals surface area contributed by atoms with Gasteiger partial charge in [0.25, 0.3) is 5.91 Å². The first-order valence-electron chi connectivity index (χ1n) is 11.0. The molecule has 0 radical (unpaired) electrons. The van der Waals surface area contributed by atoms with Crippen LogP contribution < -0.4 is 0 Å². The zero-order chi connectivity index (χ0) is 27.1. The molecule has 0 aliphatic heterocycles. The average Bonchev–Trinajstić information content (AvgIpc) is 3.11. The first kappa shape index (κ1) is 27.6. The molecule has 0 bridgehead atoms. The molecule has 1 amide bonds. The summed E-state index contributed by atoms with van der Waals surface area (Å²) < 4.78 is 71.0. The molecule has 0 spiro atoms. The molecule has 0 atom stereocenters. The van der Waals surface area contributed by atoms with Gasteiger partial charge in [0, 0.05) is 37.3 Å². The van der Waals surface area contributed by atoms with Crippen molar-refractivity contribution in [3.05, 3.63) is 70.5 Å². The van der Waals surface area contributed by atoms with E-state index in [1.54, 1.807) is 0 Å². The number of carbonyl (C=O) groups excluding carboxylic acids is 1. The predicted molar refractivity (Wildman–Crippen MR) is 127 cm³/mol. The van der Waals surface area contributed by atoms with Gasteiger partial charge in [-0.05, 0) is 35.2 Å². The molecule has 1 aromatic carbocycles. The molecule has 0 saturated heterocycles. The molecule has 2 aromatic heterocycles. The van der Waals surface area contributed by atoms with Gasteiger partial charge in [-0.25, -0.2) is 9.97 Å². The molecule has 11 heteroatoms. The maximum Gasteiger partial charge on any atom is 0.431 e. The highest BCUT2D eigenvalue weighted by molar-refractivity contribution is 6.30. The average molecular weight is 529 g/mol. The van der Waals surface area contributed by atoms with Crippen LogP contribution in [0.5, 0.6) is 0 Å². The number of nitrogens with zero attached hydrogens (tertiary/aromatic N) is 4. The van der Waals surface area contributed by atoms with Gasteiger partial charge >= 0.3 is 12.1 Å². The molecule has 3 rings (SSSR count). The van der Waals surface area contributed by atoms with Crippen molar-refractivity contribution in [3.63, 3.8) is 0 Å². The Hall–Kier alpha value is -3.01. The molecule has 0 fully saturated rings. The molecule has 36 heavy (non-hydrogen) atoms. The van der Waals surface area contributed by atoms with Crippen molar-refractivity contribution in [2.75, 3.05) is 13.6 Å². The van der Waals surface area contributed by atoms with Crippen LogP contribution >= 0.6 is 11.6 Å². The number of amides is 1. The molecule has 3 aromatic rings. The van der Waals surface area contributed by atoms with Gasteiger partial charge in [-0.2, -0.15) is 22.0 Å². The van der Waals surface area contributed by atoms with Gasteiger partial charge < -0.3 is 9.47 Å². The van der Waals surface area contributed by atoms with Gasteiger partial charge in [0.2, 0.25) is 0 Å². The Bertz CT molecular complexity index is 1240. The molecule has 194 valence electrons. The van der Waals surface area contributed by atoms with E-state index in [-0.39, 0.29) is 28.9 Å². The van der Waals surface area contributed by atoms with Gasteiger partial charge in [-0.15, -0.1) is 0 Å². The molecule has 0 saturated carbocycles. The van der Waals surface area contributed by atoms with Crippen LogP contribution in [0.25, 0.3) is 11.1 Å². The lowest BCUT2D eigenvalue weighted by Gasteiger charge is -2.27. The van der Waals surface area contributed by atoms with Gasteiger partial charge in [0.05, 0.1) is 12.2 Å². The first-order chi connectivity index (χ1) is 16.5. The van der Waals surface area contributed by atoms with Crippen molar-refractivity contribution in [3.8, 4) is 11.1 Å². The normalized spacial score (nSPS) is 12.6. The highest BCUT2D eigenvalue weighted by Crippen LogP contribution is 2.38. The fraction of sp³-hybridized carbons (Fsp3) is 0.400. The molecule has 5 nitrogen and oxygen atoms in total. The van der Waals surface area contributed by atoms with Crippen LogP contribution in [0.3, 0.4) is 0 Å². The number of carbonyl (C=O) groups is 1. The van der Waals surface area contributed by atoms with Crippen LogP contribution in [-0.2, 0) is 18.6 Å². The van der Waals surface area contributed by atoms with E-state index >= 15 is 0 Å². The maximum absolute atomic E-state index is 14.2. The van der Waals surface area contributed by atoms with Crippen molar-refractivity contribution in [1.82, 2.24) is 19.4 Å². The second kappa shape index (κ2) is 9.80. The number of rotatable bonds is 6. The number of aromatic nitrogens is 3. The van der Waals surface area contributed by atoms with E-state index in [9.17, 15) is 26.7 Å². The summed E-state index contributed by atoms with van der Waals surface area (Å²) in [6.07, 6.45) is -3.79. The van der Waals surface area contributed by atoms with Gasteiger partial charge in [-0.1, -0.05) is 44.5 Å². The summed E-state index contributed by atoms with van der Waals surface area (Å²) in [5.74, 6) is -4.86. The lowest BCUT2D eigenvalue weighted by atomic mass is 9.96. The summed E-state index contributed by atoms with van der Waals surface area (Å²) in [5, 5.41) is 0.376. The van der Waals surface area contributed by atoms with E-state index < -0.39 is 36.1 Å². The molecular weight excluding hydrogens is 503 g/mol. The zero-order valence-electron chi connectivity index (χ0n) is 20.4. The molecule has 0 N–H and O–H groups in total. The van der Waals surface area contributed by atoms with Crippen LogP contribution in [0.4, 0.5) is 22.0 Å². The number of hydrogen-bond acceptors (Lipinski definition) is 3. The highest BCUT2D eigenvalue weighted by atomic mass is 35.5. The summed E-state index contributed by atoms with van der Waals surface area (Å²) in [7, 11) is 1.50. The predicted octanol–water partition coefficient (Wildman–Crippen LogP) is 6.90. The monoisotopic (exact) mass is 528 g/mol. The second-order valence-electron chi connectivity index (χ2n) is 9.86. The smallest absolute Gasteiger partial charge is 0.340 e. The van der Waals surface area contributed by atoms with Gasteiger partial charge in [-0.3, -0.25) is 4.79 Å². The molecular formula is C25H26ClF5N4O. The van der Waals surface area contributed by atoms with Crippen molar-refractivity contribution in [2.45, 2.75) is 46.3 Å². The second-order valence-corrected chi connectivity index (χ2v) is 10.3. The summed E-state index contributed by atoms with van der Waals surface area (Å²) in [4.78, 5) is 22.3. The molecule has 0 aliphatic rings. The summed E-state index contributed by atoms with van der Waals surface area (Å²) in [6.45, 7) is 5.97. The van der Waals surface area contributed by atoms with Gasteiger partial charge in [0.1, 0.15) is 11.4 Å². The Kier molecular flexibility index (Phi) is 7.51. The third-order valence-corrected chi connectivity index (χ3v) is 5.48. The maximum atomic E-state index is 14.2. The number of halogens is 6. The lowest BCUT2D eigenvalue weighted by molar-refractivity contribution is -0.143. The quantitative estimate of drug-likeness (QED) is 0.327. The first-order valence-corrected chi connectivity index (χ1v) is 11.4. The Morgan fingerprint density at radius 1 is 1.03 bits per heavy atom. The summed E-state index contributed by atoms with van der Waals surface area (Å²) >= 11 is 5.96. The van der Waals surface area contributed by atoms with Crippen LogP contribution in [0.15, 0.2) is 42.6 Å². The van der Waals surface area contributed by atoms with Crippen LogP contribution in [0, 0.1) is 5.41 Å². The summed E-state index contributed by atoms with van der Waals surface area (Å²) in [5.41, 5.74) is -1.39. The van der Waals surface area contributed by atoms with Crippen molar-refractivity contribution in [2.24, 2.45) is 5.41 Å². The Balaban J connectivity index is 2.26. The van der Waals surface area contributed by atoms with E-state index in [1.165, 1.54) is 42.3 Å². The van der Waals surface area contributed by atoms with Gasteiger partial charge in [0.15, 0.2) is 5.82 Å². The van der Waals surface area contributed by atoms with Crippen LogP contribution in [-0.4, -0.2) is 38.9 Å². The Labute approximate surface area is 210 Å². The van der Waals surface area contributed by atoms with E-state index in [0.717, 1.165) is 16.8 Å². The van der Waals surface area contributed by atoms with Crippen molar-refractivity contribution < 1.29 is 26.7 Å². The van der Waals surface area contributed by atoms with Crippen molar-refractivity contribution >= 4 is 17.5 Å². The molecule has 0 unspecified atom stereocenters. The molecule has 0 aliphatic carbocycles. The summed E-state index contributed by atoms with van der Waals surface area (Å²) in [6, 6.07) is 8.18. The van der Waals surface area contributed by atoms with Crippen molar-refractivity contribution in [1.29, 1.82) is 0 Å². The van der Waals surface area contributed by atoms with E-state index in [1.807, 2.05) is 20.8 Å². The third-order valence-electron chi connectivity index (χ3n) is 5.23. The third kappa shape index (κ3) is 6.40. The Morgan fingerprint density at radius 3 is 2.17 bits per heavy atom. The minimum Gasteiger partial charge on any atom is -0.340 e. The molecule has 2 heterocycles. The van der Waals surface area contributed by atoms with E-state index in [0.29, 0.717) is 17.5 Å². The van der Waals surface area contributed by atoms with E-state index in [2.05, 4.69) is 9.97 Å². The van der Waals surface area contributed by atoms with Crippen LogP contribution in [0.1, 0.15) is 55.4 Å².